The van der Waals surface area contributed by atoms with Crippen LogP contribution < -0.4 is 10.6 Å². The standard InChI is InChI=1S/C14H22N4/c15-11-12-3-8-16-13(17-12)18-9-6-14(7-10-18)4-1-2-5-14/h3,8H,1-2,4-7,9-11,15H2. The van der Waals surface area contributed by atoms with E-state index in [2.05, 4.69) is 14.9 Å². The second kappa shape index (κ2) is 4.84. The Morgan fingerprint density at radius 1 is 1.17 bits per heavy atom. The van der Waals surface area contributed by atoms with Gasteiger partial charge < -0.3 is 10.6 Å². The third kappa shape index (κ3) is 2.21. The van der Waals surface area contributed by atoms with E-state index in [1.54, 1.807) is 0 Å². The van der Waals surface area contributed by atoms with Crippen molar-refractivity contribution in [3.05, 3.63) is 18.0 Å². The van der Waals surface area contributed by atoms with Crippen LogP contribution in [0.5, 0.6) is 0 Å². The zero-order chi connectivity index (χ0) is 12.4. The molecule has 0 radical (unpaired) electrons. The second-order valence-electron chi connectivity index (χ2n) is 5.75. The van der Waals surface area contributed by atoms with E-state index in [1.165, 1.54) is 38.5 Å². The highest BCUT2D eigenvalue weighted by Crippen LogP contribution is 2.46. The van der Waals surface area contributed by atoms with Gasteiger partial charge in [-0.3, -0.25) is 0 Å². The molecule has 2 N–H and O–H groups in total. The van der Waals surface area contributed by atoms with Crippen LogP contribution in [0.15, 0.2) is 12.3 Å². The van der Waals surface area contributed by atoms with Crippen molar-refractivity contribution in [1.82, 2.24) is 9.97 Å². The van der Waals surface area contributed by atoms with E-state index >= 15 is 0 Å². The van der Waals surface area contributed by atoms with Gasteiger partial charge in [0.25, 0.3) is 0 Å². The van der Waals surface area contributed by atoms with Gasteiger partial charge in [-0.1, -0.05) is 12.8 Å². The summed E-state index contributed by atoms with van der Waals surface area (Å²) >= 11 is 0. The van der Waals surface area contributed by atoms with Crippen LogP contribution in [0.2, 0.25) is 0 Å². The molecule has 1 saturated carbocycles. The third-order valence-electron chi connectivity index (χ3n) is 4.68. The second-order valence-corrected chi connectivity index (χ2v) is 5.75. The van der Waals surface area contributed by atoms with Crippen molar-refractivity contribution >= 4 is 5.95 Å². The molecule has 0 atom stereocenters. The van der Waals surface area contributed by atoms with Crippen LogP contribution in [-0.4, -0.2) is 23.1 Å². The topological polar surface area (TPSA) is 55.0 Å². The molecule has 2 aliphatic rings. The number of rotatable bonds is 2. The zero-order valence-corrected chi connectivity index (χ0v) is 10.9. The van der Waals surface area contributed by atoms with Gasteiger partial charge >= 0.3 is 0 Å². The van der Waals surface area contributed by atoms with E-state index in [1.807, 2.05) is 12.3 Å². The van der Waals surface area contributed by atoms with Gasteiger partial charge in [0, 0.05) is 25.8 Å². The molecular formula is C14H22N4. The highest BCUT2D eigenvalue weighted by molar-refractivity contribution is 5.31. The molecule has 1 aromatic rings. The molecule has 1 aromatic heterocycles. The van der Waals surface area contributed by atoms with Gasteiger partial charge in [-0.25, -0.2) is 9.97 Å². The van der Waals surface area contributed by atoms with Crippen LogP contribution in [0.3, 0.4) is 0 Å². The van der Waals surface area contributed by atoms with E-state index in [-0.39, 0.29) is 0 Å². The first-order valence-corrected chi connectivity index (χ1v) is 7.08. The molecule has 2 fully saturated rings. The number of piperidine rings is 1. The summed E-state index contributed by atoms with van der Waals surface area (Å²) in [5.74, 6) is 0.866. The van der Waals surface area contributed by atoms with E-state index < -0.39 is 0 Å². The van der Waals surface area contributed by atoms with Crippen molar-refractivity contribution in [2.24, 2.45) is 11.1 Å². The average Bonchev–Trinajstić information content (AvgIpc) is 2.88. The number of hydrogen-bond acceptors (Lipinski definition) is 4. The predicted octanol–water partition coefficient (Wildman–Crippen LogP) is 2.10. The normalized spacial score (nSPS) is 22.6. The SMILES string of the molecule is NCc1ccnc(N2CCC3(CCCC3)CC2)n1. The quantitative estimate of drug-likeness (QED) is 0.868. The molecule has 0 aromatic carbocycles. The Kier molecular flexibility index (Phi) is 3.20. The number of nitrogens with two attached hydrogens (primary N) is 1. The minimum atomic E-state index is 0.493. The lowest BCUT2D eigenvalue weighted by Gasteiger charge is -2.39. The number of hydrogen-bond donors (Lipinski definition) is 1. The summed E-state index contributed by atoms with van der Waals surface area (Å²) in [5.41, 5.74) is 7.22. The van der Waals surface area contributed by atoms with Crippen LogP contribution in [0.4, 0.5) is 5.95 Å². The van der Waals surface area contributed by atoms with Crippen molar-refractivity contribution in [2.45, 2.75) is 45.1 Å². The summed E-state index contributed by atoms with van der Waals surface area (Å²) in [6.45, 7) is 2.70. The van der Waals surface area contributed by atoms with E-state index in [9.17, 15) is 0 Å². The highest BCUT2D eigenvalue weighted by atomic mass is 15.3. The van der Waals surface area contributed by atoms with Crippen LogP contribution in [0.1, 0.15) is 44.2 Å². The first-order valence-electron chi connectivity index (χ1n) is 7.08. The Balaban J connectivity index is 1.68. The zero-order valence-electron chi connectivity index (χ0n) is 10.9. The Hall–Kier alpha value is -1.16. The fourth-order valence-corrected chi connectivity index (χ4v) is 3.46. The monoisotopic (exact) mass is 246 g/mol. The number of aromatic nitrogens is 2. The maximum absolute atomic E-state index is 5.63. The van der Waals surface area contributed by atoms with Gasteiger partial charge in [-0.15, -0.1) is 0 Å². The first kappa shape index (κ1) is 11.9. The van der Waals surface area contributed by atoms with Crippen molar-refractivity contribution in [1.29, 1.82) is 0 Å². The summed E-state index contributed by atoms with van der Waals surface area (Å²) in [7, 11) is 0. The van der Waals surface area contributed by atoms with Gasteiger partial charge in [0.2, 0.25) is 5.95 Å². The van der Waals surface area contributed by atoms with Crippen LogP contribution >= 0.6 is 0 Å². The van der Waals surface area contributed by atoms with Crippen molar-refractivity contribution in [2.75, 3.05) is 18.0 Å². The molecule has 1 aliphatic heterocycles. The molecule has 3 rings (SSSR count). The minimum absolute atomic E-state index is 0.493. The number of anilines is 1. The molecule has 18 heavy (non-hydrogen) atoms. The lowest BCUT2D eigenvalue weighted by atomic mass is 9.77. The van der Waals surface area contributed by atoms with Crippen molar-refractivity contribution < 1.29 is 0 Å². The highest BCUT2D eigenvalue weighted by Gasteiger charge is 2.37. The Morgan fingerprint density at radius 3 is 2.56 bits per heavy atom. The van der Waals surface area contributed by atoms with E-state index in [0.29, 0.717) is 12.0 Å². The summed E-state index contributed by atoms with van der Waals surface area (Å²) in [4.78, 5) is 11.2. The predicted molar refractivity (Wildman–Crippen MR) is 72.3 cm³/mol. The summed E-state index contributed by atoms with van der Waals surface area (Å²) in [6, 6.07) is 1.89. The molecule has 0 bridgehead atoms. The minimum Gasteiger partial charge on any atom is -0.341 e. The molecule has 1 spiro atoms. The maximum Gasteiger partial charge on any atom is 0.225 e. The molecule has 2 heterocycles. The largest absolute Gasteiger partial charge is 0.341 e. The van der Waals surface area contributed by atoms with Crippen molar-refractivity contribution in [3.8, 4) is 0 Å². The molecule has 98 valence electrons. The van der Waals surface area contributed by atoms with Gasteiger partial charge in [-0.2, -0.15) is 0 Å². The van der Waals surface area contributed by atoms with Crippen LogP contribution in [0, 0.1) is 5.41 Å². The molecule has 0 amide bonds. The Bertz CT molecular complexity index is 402. The summed E-state index contributed by atoms with van der Waals surface area (Å²) in [6.07, 6.45) is 10.2. The Labute approximate surface area is 109 Å². The fourth-order valence-electron chi connectivity index (χ4n) is 3.46. The molecule has 1 aliphatic carbocycles. The lowest BCUT2D eigenvalue weighted by molar-refractivity contribution is 0.225. The summed E-state index contributed by atoms with van der Waals surface area (Å²) < 4.78 is 0. The van der Waals surface area contributed by atoms with Gasteiger partial charge in [0.15, 0.2) is 0 Å². The van der Waals surface area contributed by atoms with Gasteiger partial charge in [0.05, 0.1) is 5.69 Å². The molecule has 4 nitrogen and oxygen atoms in total. The molecule has 4 heteroatoms. The molecular weight excluding hydrogens is 224 g/mol. The number of nitrogens with zero attached hydrogens (tertiary/aromatic N) is 3. The van der Waals surface area contributed by atoms with E-state index in [4.69, 9.17) is 5.73 Å². The van der Waals surface area contributed by atoms with Gasteiger partial charge in [-0.05, 0) is 37.2 Å². The van der Waals surface area contributed by atoms with Gasteiger partial charge in [0.1, 0.15) is 0 Å². The molecule has 0 unspecified atom stereocenters. The maximum atomic E-state index is 5.63. The van der Waals surface area contributed by atoms with Crippen LogP contribution in [-0.2, 0) is 6.54 Å². The molecule has 1 saturated heterocycles. The summed E-state index contributed by atoms with van der Waals surface area (Å²) in [5, 5.41) is 0. The lowest BCUT2D eigenvalue weighted by Crippen LogP contribution is -2.39. The Morgan fingerprint density at radius 2 is 1.89 bits per heavy atom. The average molecular weight is 246 g/mol. The van der Waals surface area contributed by atoms with E-state index in [0.717, 1.165) is 24.7 Å². The smallest absolute Gasteiger partial charge is 0.225 e. The first-order chi connectivity index (χ1) is 8.81. The fraction of sp³-hybridized carbons (Fsp3) is 0.714. The van der Waals surface area contributed by atoms with Crippen LogP contribution in [0.25, 0.3) is 0 Å². The van der Waals surface area contributed by atoms with Crippen molar-refractivity contribution in [3.63, 3.8) is 0 Å². The third-order valence-corrected chi connectivity index (χ3v) is 4.68.